The molecule has 0 spiro atoms. The van der Waals surface area contributed by atoms with Crippen LogP contribution in [0, 0.1) is 0 Å². The van der Waals surface area contributed by atoms with Gasteiger partial charge in [-0.3, -0.25) is 19.2 Å². The molecule has 0 aromatic carbocycles. The predicted molar refractivity (Wildman–Crippen MR) is 136 cm³/mol. The summed E-state index contributed by atoms with van der Waals surface area (Å²) in [5.74, 6) is -0.685. The second-order valence-corrected chi connectivity index (χ2v) is 10.8. The number of rotatable bonds is 7. The van der Waals surface area contributed by atoms with Crippen molar-refractivity contribution in [1.82, 2.24) is 14.7 Å². The van der Waals surface area contributed by atoms with Crippen LogP contribution >= 0.6 is 23.1 Å². The first-order chi connectivity index (χ1) is 16.9. The number of esters is 1. The van der Waals surface area contributed by atoms with E-state index in [9.17, 15) is 14.4 Å². The Hall–Kier alpha value is -2.92. The van der Waals surface area contributed by atoms with Gasteiger partial charge < -0.3 is 10.1 Å². The highest BCUT2D eigenvalue weighted by Gasteiger charge is 2.41. The molecule has 1 N–H and O–H groups in total. The number of hydrogen-bond acceptors (Lipinski definition) is 8. The van der Waals surface area contributed by atoms with Gasteiger partial charge in [-0.05, 0) is 57.1 Å². The van der Waals surface area contributed by atoms with Crippen molar-refractivity contribution in [3.05, 3.63) is 39.7 Å². The molecular formula is C24H27N5O4S2. The summed E-state index contributed by atoms with van der Waals surface area (Å²) in [5, 5.41) is 8.16. The van der Waals surface area contributed by atoms with Crippen molar-refractivity contribution >= 4 is 57.1 Å². The lowest BCUT2D eigenvalue weighted by Crippen LogP contribution is -2.33. The molecule has 2 aromatic rings. The average molecular weight is 514 g/mol. The Labute approximate surface area is 211 Å². The highest BCUT2D eigenvalue weighted by Crippen LogP contribution is 2.39. The standard InChI is InChI=1S/C24H27N5O4S2/c1-3-33-23(32)20-16-6-4-5-7-18(16)35-21(20)27-19(30)13-34-24-26-17(10-14-11-25-28(2)12-14)22(31)29(24)15-8-9-15/h10-12,15H,3-9,13H2,1-2H3,(H,27,30)/b17-10-. The monoisotopic (exact) mass is 513 g/mol. The number of amides is 2. The summed E-state index contributed by atoms with van der Waals surface area (Å²) in [6, 6.07) is 0.135. The Morgan fingerprint density at radius 3 is 2.83 bits per heavy atom. The molecular weight excluding hydrogens is 486 g/mol. The third-order valence-electron chi connectivity index (χ3n) is 6.04. The van der Waals surface area contributed by atoms with E-state index in [1.54, 1.807) is 28.8 Å². The minimum Gasteiger partial charge on any atom is -0.462 e. The fraction of sp³-hybridized carbons (Fsp3) is 0.458. The molecule has 1 fully saturated rings. The molecule has 0 saturated heterocycles. The molecule has 35 heavy (non-hydrogen) atoms. The zero-order valence-electron chi connectivity index (χ0n) is 19.7. The zero-order valence-corrected chi connectivity index (χ0v) is 21.3. The molecule has 1 saturated carbocycles. The quantitative estimate of drug-likeness (QED) is 0.448. The van der Waals surface area contributed by atoms with Gasteiger partial charge in [-0.25, -0.2) is 9.79 Å². The largest absolute Gasteiger partial charge is 0.462 e. The van der Waals surface area contributed by atoms with Gasteiger partial charge in [-0.15, -0.1) is 11.3 Å². The first kappa shape index (κ1) is 23.8. The Kier molecular flexibility index (Phi) is 6.79. The number of hydrogen-bond donors (Lipinski definition) is 1. The summed E-state index contributed by atoms with van der Waals surface area (Å²) in [6.07, 6.45) is 10.9. The van der Waals surface area contributed by atoms with Crippen molar-refractivity contribution in [2.75, 3.05) is 17.7 Å². The van der Waals surface area contributed by atoms with Gasteiger partial charge in [-0.1, -0.05) is 11.8 Å². The molecule has 3 heterocycles. The second kappa shape index (κ2) is 9.98. The van der Waals surface area contributed by atoms with Crippen LogP contribution in [0.4, 0.5) is 5.00 Å². The van der Waals surface area contributed by atoms with Gasteiger partial charge in [0, 0.05) is 29.7 Å². The minimum atomic E-state index is -0.384. The van der Waals surface area contributed by atoms with E-state index in [2.05, 4.69) is 15.4 Å². The summed E-state index contributed by atoms with van der Waals surface area (Å²) in [4.78, 5) is 45.9. The number of fused-ring (bicyclic) bond motifs is 1. The summed E-state index contributed by atoms with van der Waals surface area (Å²) in [5.41, 5.74) is 2.66. The Morgan fingerprint density at radius 2 is 2.11 bits per heavy atom. The van der Waals surface area contributed by atoms with Crippen molar-refractivity contribution in [3.63, 3.8) is 0 Å². The number of amidine groups is 1. The van der Waals surface area contributed by atoms with E-state index in [0.29, 0.717) is 21.4 Å². The van der Waals surface area contributed by atoms with Crippen LogP contribution in [-0.4, -0.2) is 56.0 Å². The van der Waals surface area contributed by atoms with Crippen LogP contribution < -0.4 is 5.32 Å². The van der Waals surface area contributed by atoms with Gasteiger partial charge in [0.25, 0.3) is 5.91 Å². The highest BCUT2D eigenvalue weighted by molar-refractivity contribution is 8.14. The molecule has 1 aliphatic heterocycles. The van der Waals surface area contributed by atoms with Gasteiger partial charge in [0.15, 0.2) is 5.17 Å². The average Bonchev–Trinajstić information content (AvgIpc) is 3.36. The topological polar surface area (TPSA) is 106 Å². The summed E-state index contributed by atoms with van der Waals surface area (Å²) < 4.78 is 6.94. The molecule has 3 aliphatic rings. The van der Waals surface area contributed by atoms with Gasteiger partial charge >= 0.3 is 5.97 Å². The Bertz CT molecular complexity index is 1240. The third kappa shape index (κ3) is 5.06. The first-order valence-corrected chi connectivity index (χ1v) is 13.6. The molecule has 2 amide bonds. The van der Waals surface area contributed by atoms with Crippen LogP contribution in [-0.2, 0) is 34.2 Å². The number of carbonyl (C=O) groups excluding carboxylic acids is 3. The molecule has 184 valence electrons. The third-order valence-corrected chi connectivity index (χ3v) is 8.20. The second-order valence-electron chi connectivity index (χ2n) is 8.75. The van der Waals surface area contributed by atoms with Crippen molar-refractivity contribution < 1.29 is 19.1 Å². The molecule has 5 rings (SSSR count). The van der Waals surface area contributed by atoms with Crippen LogP contribution in [0.3, 0.4) is 0 Å². The number of ether oxygens (including phenoxy) is 1. The van der Waals surface area contributed by atoms with Crippen molar-refractivity contribution in [2.24, 2.45) is 12.0 Å². The van der Waals surface area contributed by atoms with E-state index in [1.165, 1.54) is 23.1 Å². The maximum atomic E-state index is 13.0. The van der Waals surface area contributed by atoms with Crippen LogP contribution in [0.25, 0.3) is 6.08 Å². The maximum Gasteiger partial charge on any atom is 0.341 e. The Morgan fingerprint density at radius 1 is 1.31 bits per heavy atom. The smallest absolute Gasteiger partial charge is 0.341 e. The Balaban J connectivity index is 1.30. The number of aryl methyl sites for hydroxylation is 2. The molecule has 0 atom stereocenters. The molecule has 0 unspecified atom stereocenters. The van der Waals surface area contributed by atoms with Crippen molar-refractivity contribution in [1.29, 1.82) is 0 Å². The maximum absolute atomic E-state index is 13.0. The predicted octanol–water partition coefficient (Wildman–Crippen LogP) is 3.61. The molecule has 9 nitrogen and oxygen atoms in total. The number of carbonyl (C=O) groups is 3. The number of nitrogens with one attached hydrogen (secondary N) is 1. The SMILES string of the molecule is CCOC(=O)c1c(NC(=O)CSC2=N/C(=C\c3cnn(C)c3)C(=O)N2C2CC2)sc2c1CCCC2. The zero-order chi connectivity index (χ0) is 24.5. The molecule has 0 radical (unpaired) electrons. The van der Waals surface area contributed by atoms with Gasteiger partial charge in [-0.2, -0.15) is 5.10 Å². The number of thiophene rings is 1. The number of aliphatic imine (C=N–C) groups is 1. The summed E-state index contributed by atoms with van der Waals surface area (Å²) in [6.45, 7) is 2.06. The molecule has 2 aliphatic carbocycles. The fourth-order valence-electron chi connectivity index (χ4n) is 4.30. The summed E-state index contributed by atoms with van der Waals surface area (Å²) >= 11 is 2.71. The summed E-state index contributed by atoms with van der Waals surface area (Å²) in [7, 11) is 1.81. The normalized spacial score (nSPS) is 18.6. The van der Waals surface area contributed by atoms with Gasteiger partial charge in [0.05, 0.1) is 24.1 Å². The van der Waals surface area contributed by atoms with Crippen LogP contribution in [0.2, 0.25) is 0 Å². The van der Waals surface area contributed by atoms with E-state index in [0.717, 1.165) is 54.5 Å². The minimum absolute atomic E-state index is 0.0837. The van der Waals surface area contributed by atoms with E-state index >= 15 is 0 Å². The fourth-order valence-corrected chi connectivity index (χ4v) is 6.46. The number of nitrogens with zero attached hydrogens (tertiary/aromatic N) is 4. The number of aromatic nitrogens is 2. The lowest BCUT2D eigenvalue weighted by molar-refractivity contribution is -0.123. The van der Waals surface area contributed by atoms with E-state index in [-0.39, 0.29) is 36.2 Å². The van der Waals surface area contributed by atoms with Crippen LogP contribution in [0.15, 0.2) is 23.1 Å². The van der Waals surface area contributed by atoms with Crippen molar-refractivity contribution in [3.8, 4) is 0 Å². The van der Waals surface area contributed by atoms with E-state index in [1.807, 2.05) is 13.2 Å². The molecule has 2 aromatic heterocycles. The first-order valence-electron chi connectivity index (χ1n) is 11.8. The number of anilines is 1. The molecule has 0 bridgehead atoms. The van der Waals surface area contributed by atoms with Gasteiger partial charge in [0.1, 0.15) is 10.7 Å². The lowest BCUT2D eigenvalue weighted by Gasteiger charge is -2.16. The van der Waals surface area contributed by atoms with E-state index < -0.39 is 0 Å². The highest BCUT2D eigenvalue weighted by atomic mass is 32.2. The lowest BCUT2D eigenvalue weighted by atomic mass is 9.95. The van der Waals surface area contributed by atoms with Gasteiger partial charge in [0.2, 0.25) is 5.91 Å². The van der Waals surface area contributed by atoms with Crippen molar-refractivity contribution in [2.45, 2.75) is 51.5 Å². The molecule has 11 heteroatoms. The van der Waals surface area contributed by atoms with Crippen LogP contribution in [0.1, 0.15) is 59.0 Å². The van der Waals surface area contributed by atoms with E-state index in [4.69, 9.17) is 4.74 Å². The van der Waals surface area contributed by atoms with Crippen LogP contribution in [0.5, 0.6) is 0 Å². The number of thioether (sulfide) groups is 1.